The van der Waals surface area contributed by atoms with Crippen molar-refractivity contribution >= 4 is 33.5 Å². The molecule has 0 aliphatic carbocycles. The fourth-order valence-electron chi connectivity index (χ4n) is 2.94. The first-order valence-electron chi connectivity index (χ1n) is 7.26. The second kappa shape index (κ2) is 5.94. The topological polar surface area (TPSA) is 55.6 Å². The molecule has 2 atom stereocenters. The van der Waals surface area contributed by atoms with E-state index < -0.39 is 0 Å². The fourth-order valence-corrected chi connectivity index (χ4v) is 3.48. The molecule has 1 aromatic heterocycles. The normalized spacial score (nSPS) is 19.9. The third-order valence-corrected chi connectivity index (χ3v) is 4.80. The Morgan fingerprint density at radius 2 is 1.96 bits per heavy atom. The van der Waals surface area contributed by atoms with Crippen LogP contribution in [0, 0.1) is 0 Å². The van der Waals surface area contributed by atoms with Crippen molar-refractivity contribution in [3.63, 3.8) is 0 Å². The van der Waals surface area contributed by atoms with Gasteiger partial charge >= 0.3 is 0 Å². The van der Waals surface area contributed by atoms with E-state index in [1.54, 1.807) is 0 Å². The number of fused-ring (bicyclic) bond motifs is 1. The molecule has 1 aliphatic rings. The monoisotopic (exact) mass is 389 g/mol. The van der Waals surface area contributed by atoms with Crippen molar-refractivity contribution in [1.82, 2.24) is 20.2 Å². The van der Waals surface area contributed by atoms with Gasteiger partial charge in [0.2, 0.25) is 5.95 Å². The molecule has 0 saturated carbocycles. The molecule has 0 unspecified atom stereocenters. The maximum atomic E-state index is 6.01. The third kappa shape index (κ3) is 2.84. The summed E-state index contributed by atoms with van der Waals surface area (Å²) in [5.41, 5.74) is 2.34. The summed E-state index contributed by atoms with van der Waals surface area (Å²) < 4.78 is 2.89. The number of tetrazole rings is 1. The van der Waals surface area contributed by atoms with Crippen molar-refractivity contribution in [3.8, 4) is 0 Å². The number of nitrogens with zero attached hydrogens (tertiary/aromatic N) is 4. The van der Waals surface area contributed by atoms with E-state index in [0.29, 0.717) is 5.95 Å². The van der Waals surface area contributed by atoms with Gasteiger partial charge in [0, 0.05) is 9.50 Å². The molecule has 7 heteroatoms. The van der Waals surface area contributed by atoms with Gasteiger partial charge in [0.25, 0.3) is 0 Å². The van der Waals surface area contributed by atoms with Gasteiger partial charge in [-0.05, 0) is 52.2 Å². The smallest absolute Gasteiger partial charge is 0.243 e. The van der Waals surface area contributed by atoms with E-state index in [0.717, 1.165) is 21.5 Å². The van der Waals surface area contributed by atoms with Crippen LogP contribution in [0.3, 0.4) is 0 Å². The molecular weight excluding hydrogens is 378 g/mol. The van der Waals surface area contributed by atoms with Gasteiger partial charge in [0.15, 0.2) is 0 Å². The van der Waals surface area contributed by atoms with Crippen LogP contribution in [-0.2, 0) is 0 Å². The Hall–Kier alpha value is -1.92. The summed E-state index contributed by atoms with van der Waals surface area (Å²) in [4.78, 5) is 0. The van der Waals surface area contributed by atoms with Gasteiger partial charge in [-0.2, -0.15) is 0 Å². The van der Waals surface area contributed by atoms with Gasteiger partial charge in [0.1, 0.15) is 0 Å². The lowest BCUT2D eigenvalue weighted by molar-refractivity contribution is 0.424. The average molecular weight is 391 g/mol. The van der Waals surface area contributed by atoms with Crippen molar-refractivity contribution in [3.05, 3.63) is 69.2 Å². The Morgan fingerprint density at radius 3 is 2.74 bits per heavy atom. The highest BCUT2D eigenvalue weighted by Crippen LogP contribution is 2.37. The summed E-state index contributed by atoms with van der Waals surface area (Å²) in [5, 5.41) is 16.2. The number of hydrogen-bond donors (Lipinski definition) is 1. The summed E-state index contributed by atoms with van der Waals surface area (Å²) >= 11 is 9.54. The maximum absolute atomic E-state index is 6.01. The number of hydrogen-bond acceptors (Lipinski definition) is 4. The number of benzene rings is 2. The van der Waals surface area contributed by atoms with E-state index in [1.165, 1.54) is 5.56 Å². The molecule has 4 rings (SSSR count). The SMILES string of the molecule is Clc1ccc([C@H]2C[C@@H](c3cccc(Br)c3)Nc3nnnn32)cc1. The van der Waals surface area contributed by atoms with Crippen LogP contribution in [0.1, 0.15) is 29.6 Å². The molecule has 1 aliphatic heterocycles. The zero-order valence-electron chi connectivity index (χ0n) is 12.0. The molecule has 116 valence electrons. The first-order chi connectivity index (χ1) is 11.2. The van der Waals surface area contributed by atoms with Gasteiger partial charge in [-0.1, -0.05) is 56.9 Å². The number of nitrogens with one attached hydrogen (secondary N) is 1. The number of anilines is 1. The summed E-state index contributed by atoms with van der Waals surface area (Å²) in [5.74, 6) is 0.682. The van der Waals surface area contributed by atoms with E-state index in [2.05, 4.69) is 48.9 Å². The minimum atomic E-state index is 0.0718. The van der Waals surface area contributed by atoms with Crippen molar-refractivity contribution in [2.45, 2.75) is 18.5 Å². The summed E-state index contributed by atoms with van der Waals surface area (Å²) in [7, 11) is 0. The van der Waals surface area contributed by atoms with Crippen LogP contribution in [-0.4, -0.2) is 20.2 Å². The Labute approximate surface area is 146 Å². The Kier molecular flexibility index (Phi) is 3.79. The first-order valence-corrected chi connectivity index (χ1v) is 8.43. The zero-order valence-corrected chi connectivity index (χ0v) is 14.4. The molecular formula is C16H13BrClN5. The van der Waals surface area contributed by atoms with Gasteiger partial charge in [-0.3, -0.25) is 0 Å². The molecule has 1 N–H and O–H groups in total. The quantitative estimate of drug-likeness (QED) is 0.711. The molecule has 0 bridgehead atoms. The maximum Gasteiger partial charge on any atom is 0.243 e. The molecule has 2 aromatic carbocycles. The van der Waals surface area contributed by atoms with Crippen LogP contribution >= 0.6 is 27.5 Å². The van der Waals surface area contributed by atoms with Crippen LogP contribution in [0.25, 0.3) is 0 Å². The standard InChI is InChI=1S/C16H13BrClN5/c17-12-3-1-2-11(8-12)14-9-15(10-4-6-13(18)7-5-10)23-16(19-14)20-21-22-23/h1-8,14-15H,9H2,(H,19,20,22)/t14-,15+/m0/s1. The summed E-state index contributed by atoms with van der Waals surface area (Å²) in [6.45, 7) is 0. The van der Waals surface area contributed by atoms with Crippen molar-refractivity contribution in [2.75, 3.05) is 5.32 Å². The average Bonchev–Trinajstić information content (AvgIpc) is 3.03. The second-order valence-corrected chi connectivity index (χ2v) is 6.85. The minimum absolute atomic E-state index is 0.0718. The Balaban J connectivity index is 1.73. The first kappa shape index (κ1) is 14.7. The van der Waals surface area contributed by atoms with Crippen molar-refractivity contribution in [2.24, 2.45) is 0 Å². The summed E-state index contributed by atoms with van der Waals surface area (Å²) in [6.07, 6.45) is 0.857. The molecule has 0 fully saturated rings. The van der Waals surface area contributed by atoms with Crippen LogP contribution in [0.15, 0.2) is 53.0 Å². The minimum Gasteiger partial charge on any atom is -0.346 e. The van der Waals surface area contributed by atoms with Crippen LogP contribution < -0.4 is 5.32 Å². The molecule has 0 spiro atoms. The highest BCUT2D eigenvalue weighted by atomic mass is 79.9. The van der Waals surface area contributed by atoms with Crippen LogP contribution in [0.4, 0.5) is 5.95 Å². The lowest BCUT2D eigenvalue weighted by atomic mass is 9.93. The zero-order chi connectivity index (χ0) is 15.8. The molecule has 23 heavy (non-hydrogen) atoms. The molecule has 0 radical (unpaired) electrons. The number of aromatic nitrogens is 4. The molecule has 2 heterocycles. The van der Waals surface area contributed by atoms with Crippen molar-refractivity contribution in [1.29, 1.82) is 0 Å². The highest BCUT2D eigenvalue weighted by molar-refractivity contribution is 9.10. The van der Waals surface area contributed by atoms with Gasteiger partial charge in [-0.25, -0.2) is 4.68 Å². The van der Waals surface area contributed by atoms with E-state index in [1.807, 2.05) is 41.1 Å². The van der Waals surface area contributed by atoms with Gasteiger partial charge in [-0.15, -0.1) is 0 Å². The third-order valence-electron chi connectivity index (χ3n) is 4.06. The summed E-state index contributed by atoms with van der Waals surface area (Å²) in [6, 6.07) is 16.4. The number of halogens is 2. The van der Waals surface area contributed by atoms with E-state index in [9.17, 15) is 0 Å². The Morgan fingerprint density at radius 1 is 1.13 bits per heavy atom. The van der Waals surface area contributed by atoms with Crippen LogP contribution in [0.2, 0.25) is 5.02 Å². The van der Waals surface area contributed by atoms with Gasteiger partial charge in [0.05, 0.1) is 12.1 Å². The predicted molar refractivity (Wildman–Crippen MR) is 92.5 cm³/mol. The van der Waals surface area contributed by atoms with E-state index in [4.69, 9.17) is 11.6 Å². The number of rotatable bonds is 2. The largest absolute Gasteiger partial charge is 0.346 e. The molecule has 5 nitrogen and oxygen atoms in total. The van der Waals surface area contributed by atoms with E-state index >= 15 is 0 Å². The second-order valence-electron chi connectivity index (χ2n) is 5.50. The Bertz CT molecular complexity index is 832. The fraction of sp³-hybridized carbons (Fsp3) is 0.188. The van der Waals surface area contributed by atoms with Crippen LogP contribution in [0.5, 0.6) is 0 Å². The highest BCUT2D eigenvalue weighted by Gasteiger charge is 2.30. The lowest BCUT2D eigenvalue weighted by Crippen LogP contribution is -2.28. The lowest BCUT2D eigenvalue weighted by Gasteiger charge is -2.31. The predicted octanol–water partition coefficient (Wildman–Crippen LogP) is 4.24. The van der Waals surface area contributed by atoms with E-state index in [-0.39, 0.29) is 12.1 Å². The molecule has 0 amide bonds. The van der Waals surface area contributed by atoms with Gasteiger partial charge < -0.3 is 5.32 Å². The van der Waals surface area contributed by atoms with Crippen molar-refractivity contribution < 1.29 is 0 Å². The molecule has 3 aromatic rings. The molecule has 0 saturated heterocycles.